The Morgan fingerprint density at radius 3 is 1.71 bits per heavy atom. The van der Waals surface area contributed by atoms with Crippen LogP contribution in [0.15, 0.2) is 24.3 Å². The van der Waals surface area contributed by atoms with Gasteiger partial charge in [0.25, 0.3) is 0 Å². The van der Waals surface area contributed by atoms with Gasteiger partial charge in [0.2, 0.25) is 0 Å². The van der Waals surface area contributed by atoms with Gasteiger partial charge in [-0.25, -0.2) is 8.78 Å². The molecule has 2 rings (SSSR count). The lowest BCUT2D eigenvalue weighted by Gasteiger charge is -2.37. The second-order valence-corrected chi connectivity index (χ2v) is 6.85. The Morgan fingerprint density at radius 2 is 1.38 bits per heavy atom. The second kappa shape index (κ2) is 4.95. The average molecular weight is 298 g/mol. The van der Waals surface area contributed by atoms with Crippen molar-refractivity contribution in [2.75, 3.05) is 19.0 Å². The molecule has 0 aromatic heterocycles. The third-order valence-corrected chi connectivity index (χ3v) is 4.60. The molecule has 1 saturated heterocycles. The third kappa shape index (κ3) is 2.55. The van der Waals surface area contributed by atoms with Crippen LogP contribution in [0.25, 0.3) is 0 Å². The van der Waals surface area contributed by atoms with Gasteiger partial charge in [-0.15, -0.1) is 5.46 Å². The lowest BCUT2D eigenvalue weighted by molar-refractivity contribution is 0.00578. The Morgan fingerprint density at radius 1 is 0.952 bits per heavy atom. The summed E-state index contributed by atoms with van der Waals surface area (Å²) in [5, 5.41) is 0. The maximum Gasteiger partial charge on any atom is 0.338 e. The standard InChI is InChI=1S/C15H23BF2NO2/c1-14(2)15(3,4)21-16(20-14,13(17)18)11-7-9-12(10-8-11)19(5)6/h7-10,13H,1-6H3/q-1. The topological polar surface area (TPSA) is 21.7 Å². The first-order valence-corrected chi connectivity index (χ1v) is 7.13. The van der Waals surface area contributed by atoms with E-state index in [2.05, 4.69) is 0 Å². The predicted molar refractivity (Wildman–Crippen MR) is 82.5 cm³/mol. The van der Waals surface area contributed by atoms with Crippen LogP contribution < -0.4 is 10.4 Å². The van der Waals surface area contributed by atoms with Gasteiger partial charge in [0, 0.05) is 31.0 Å². The van der Waals surface area contributed by atoms with Crippen LogP contribution >= 0.6 is 0 Å². The summed E-state index contributed by atoms with van der Waals surface area (Å²) in [6.45, 7) is 4.34. The lowest BCUT2D eigenvalue weighted by Crippen LogP contribution is -2.58. The molecule has 0 N–H and O–H groups in total. The fraction of sp³-hybridized carbons (Fsp3) is 0.600. The summed E-state index contributed by atoms with van der Waals surface area (Å²) in [6.07, 6.45) is -2.71. The molecule has 3 nitrogen and oxygen atoms in total. The summed E-state index contributed by atoms with van der Waals surface area (Å²) >= 11 is 0. The van der Waals surface area contributed by atoms with Crippen LogP contribution in [0.5, 0.6) is 0 Å². The van der Waals surface area contributed by atoms with E-state index in [9.17, 15) is 8.78 Å². The summed E-state index contributed by atoms with van der Waals surface area (Å²) in [4.78, 5) is 1.91. The van der Waals surface area contributed by atoms with Crippen LogP contribution in [-0.2, 0) is 9.31 Å². The van der Waals surface area contributed by atoms with Crippen molar-refractivity contribution in [2.24, 2.45) is 0 Å². The molecule has 0 radical (unpaired) electrons. The molecule has 0 spiro atoms. The minimum Gasteiger partial charge on any atom is -0.555 e. The summed E-state index contributed by atoms with van der Waals surface area (Å²) < 4.78 is 39.1. The number of halogens is 2. The first kappa shape index (κ1) is 16.2. The van der Waals surface area contributed by atoms with Gasteiger partial charge < -0.3 is 14.2 Å². The highest BCUT2D eigenvalue weighted by atomic mass is 19.3. The Bertz CT molecular complexity index is 499. The molecule has 1 aromatic carbocycles. The largest absolute Gasteiger partial charge is 0.555 e. The summed E-state index contributed by atoms with van der Waals surface area (Å²) in [7, 11) is 3.80. The molecule has 0 atom stereocenters. The maximum atomic E-state index is 13.8. The van der Waals surface area contributed by atoms with Crippen LogP contribution in [0.2, 0.25) is 0 Å². The van der Waals surface area contributed by atoms with E-state index in [0.717, 1.165) is 5.69 Å². The van der Waals surface area contributed by atoms with Gasteiger partial charge in [0.1, 0.15) is 0 Å². The first-order chi connectivity index (χ1) is 9.52. The Hall–Kier alpha value is -1.14. The Kier molecular flexibility index (Phi) is 3.83. The zero-order chi connectivity index (χ0) is 16.1. The third-order valence-electron chi connectivity index (χ3n) is 4.60. The molecule has 0 bridgehead atoms. The molecular formula is C15H23BF2NO2-. The van der Waals surface area contributed by atoms with Crippen LogP contribution in [-0.4, -0.2) is 38.2 Å². The van der Waals surface area contributed by atoms with Gasteiger partial charge in [-0.3, -0.25) is 0 Å². The lowest BCUT2D eigenvalue weighted by atomic mass is 9.52. The minimum atomic E-state index is -2.80. The van der Waals surface area contributed by atoms with Crippen LogP contribution in [0, 0.1) is 0 Å². The fourth-order valence-electron chi connectivity index (χ4n) is 2.61. The van der Waals surface area contributed by atoms with E-state index < -0.39 is 24.1 Å². The molecule has 1 aliphatic rings. The van der Waals surface area contributed by atoms with Gasteiger partial charge in [-0.05, 0) is 39.8 Å². The highest BCUT2D eigenvalue weighted by Crippen LogP contribution is 2.43. The van der Waals surface area contributed by atoms with Crippen molar-refractivity contribution >= 4 is 17.7 Å². The molecule has 1 heterocycles. The van der Waals surface area contributed by atoms with Crippen LogP contribution in [0.1, 0.15) is 27.7 Å². The second-order valence-electron chi connectivity index (χ2n) is 6.85. The average Bonchev–Trinajstić information content (AvgIpc) is 2.56. The molecule has 6 heteroatoms. The number of nitrogens with zero attached hydrogens (tertiary/aromatic N) is 1. The van der Waals surface area contributed by atoms with Gasteiger partial charge >= 0.3 is 6.55 Å². The predicted octanol–water partition coefficient (Wildman–Crippen LogP) is 2.81. The van der Waals surface area contributed by atoms with Crippen molar-refractivity contribution in [1.82, 2.24) is 0 Å². The van der Waals surface area contributed by atoms with Gasteiger partial charge in [0.05, 0.1) is 0 Å². The summed E-state index contributed by atoms with van der Waals surface area (Å²) in [5.41, 5.74) is -0.238. The van der Waals surface area contributed by atoms with Crippen molar-refractivity contribution in [1.29, 1.82) is 0 Å². The van der Waals surface area contributed by atoms with Gasteiger partial charge in [-0.1, -0.05) is 12.1 Å². The van der Waals surface area contributed by atoms with E-state index in [1.165, 1.54) is 0 Å². The fourth-order valence-corrected chi connectivity index (χ4v) is 2.61. The summed E-state index contributed by atoms with van der Waals surface area (Å²) in [6, 6.07) is 6.93. The van der Waals surface area contributed by atoms with Crippen molar-refractivity contribution < 1.29 is 18.1 Å². The smallest absolute Gasteiger partial charge is 0.338 e. The quantitative estimate of drug-likeness (QED) is 0.801. The van der Waals surface area contributed by atoms with E-state index in [4.69, 9.17) is 9.31 Å². The molecular weight excluding hydrogens is 275 g/mol. The number of anilines is 1. The number of rotatable bonds is 3. The Balaban J connectivity index is 2.46. The van der Waals surface area contributed by atoms with Gasteiger partial charge in [-0.2, -0.15) is 0 Å². The maximum absolute atomic E-state index is 13.8. The minimum absolute atomic E-state index is 0.397. The SMILES string of the molecule is CN(C)c1ccc([B-]2(C(F)F)OC(C)(C)C(C)(C)O2)cc1. The number of hydrogen-bond acceptors (Lipinski definition) is 3. The zero-order valence-corrected chi connectivity index (χ0v) is 13.5. The first-order valence-electron chi connectivity index (χ1n) is 7.13. The molecule has 0 unspecified atom stereocenters. The van der Waals surface area contributed by atoms with Crippen molar-refractivity contribution in [3.05, 3.63) is 24.3 Å². The van der Waals surface area contributed by atoms with Crippen molar-refractivity contribution in [3.63, 3.8) is 0 Å². The molecule has 0 amide bonds. The molecule has 0 saturated carbocycles. The molecule has 1 aromatic rings. The van der Waals surface area contributed by atoms with Crippen LogP contribution in [0.4, 0.5) is 14.5 Å². The number of alkyl halides is 2. The van der Waals surface area contributed by atoms with E-state index in [-0.39, 0.29) is 0 Å². The van der Waals surface area contributed by atoms with E-state index in [1.807, 2.05) is 19.0 Å². The summed E-state index contributed by atoms with van der Waals surface area (Å²) in [5.74, 6) is 0. The van der Waals surface area contributed by atoms with Crippen molar-refractivity contribution in [3.8, 4) is 0 Å². The normalized spacial score (nSPS) is 22.5. The van der Waals surface area contributed by atoms with Crippen LogP contribution in [0.3, 0.4) is 0 Å². The molecule has 1 fully saturated rings. The molecule has 0 aliphatic carbocycles. The van der Waals surface area contributed by atoms with E-state index in [0.29, 0.717) is 5.46 Å². The number of hydrogen-bond donors (Lipinski definition) is 0. The highest BCUT2D eigenvalue weighted by molar-refractivity contribution is 6.82. The molecule has 1 aliphatic heterocycles. The monoisotopic (exact) mass is 298 g/mol. The molecule has 118 valence electrons. The zero-order valence-electron chi connectivity index (χ0n) is 13.5. The van der Waals surface area contributed by atoms with E-state index >= 15 is 0 Å². The van der Waals surface area contributed by atoms with Gasteiger partial charge in [0.15, 0.2) is 6.32 Å². The van der Waals surface area contributed by atoms with E-state index in [1.54, 1.807) is 52.0 Å². The highest BCUT2D eigenvalue weighted by Gasteiger charge is 2.56. The molecule has 21 heavy (non-hydrogen) atoms. The van der Waals surface area contributed by atoms with Crippen molar-refractivity contribution in [2.45, 2.75) is 45.2 Å². The number of benzene rings is 1. The Labute approximate surface area is 125 Å².